The lowest BCUT2D eigenvalue weighted by Crippen LogP contribution is -2.58. The molecule has 1 aromatic heterocycles. The van der Waals surface area contributed by atoms with E-state index in [1.807, 2.05) is 6.07 Å². The summed E-state index contributed by atoms with van der Waals surface area (Å²) in [5, 5.41) is 4.96. The monoisotopic (exact) mass is 303 g/mol. The second-order valence-electron chi connectivity index (χ2n) is 6.13. The number of piperazine rings is 1. The maximum absolute atomic E-state index is 5.29. The highest BCUT2D eigenvalue weighted by atomic mass is 32.1. The van der Waals surface area contributed by atoms with Gasteiger partial charge in [-0.1, -0.05) is 6.42 Å². The van der Waals surface area contributed by atoms with E-state index in [1.165, 1.54) is 29.0 Å². The van der Waals surface area contributed by atoms with Gasteiger partial charge < -0.3 is 10.1 Å². The van der Waals surface area contributed by atoms with Gasteiger partial charge in [-0.3, -0.25) is 4.90 Å². The van der Waals surface area contributed by atoms with Crippen LogP contribution < -0.4 is 10.1 Å². The number of thiazole rings is 1. The molecule has 0 radical (unpaired) electrons. The van der Waals surface area contributed by atoms with Crippen LogP contribution in [-0.2, 0) is 6.54 Å². The zero-order chi connectivity index (χ0) is 14.2. The van der Waals surface area contributed by atoms with Gasteiger partial charge in [0, 0.05) is 25.2 Å². The van der Waals surface area contributed by atoms with Crippen LogP contribution in [0.4, 0.5) is 0 Å². The molecule has 0 saturated carbocycles. The van der Waals surface area contributed by atoms with E-state index in [9.17, 15) is 0 Å². The van der Waals surface area contributed by atoms with E-state index in [4.69, 9.17) is 9.72 Å². The van der Waals surface area contributed by atoms with Crippen LogP contribution >= 0.6 is 11.3 Å². The van der Waals surface area contributed by atoms with Crippen LogP contribution in [0.3, 0.4) is 0 Å². The molecule has 2 fully saturated rings. The molecule has 4 nitrogen and oxygen atoms in total. The molecule has 5 heteroatoms. The molecule has 2 atom stereocenters. The van der Waals surface area contributed by atoms with E-state index in [0.29, 0.717) is 12.1 Å². The average molecular weight is 303 g/mol. The zero-order valence-corrected chi connectivity index (χ0v) is 13.2. The van der Waals surface area contributed by atoms with Crippen LogP contribution in [0.2, 0.25) is 0 Å². The SMILES string of the molecule is COc1ccc2nc(CN3CC4CCCC(C3)N4)sc2c1. The summed E-state index contributed by atoms with van der Waals surface area (Å²) in [4.78, 5) is 7.35. The van der Waals surface area contributed by atoms with Crippen molar-refractivity contribution in [2.75, 3.05) is 20.2 Å². The maximum Gasteiger partial charge on any atom is 0.120 e. The van der Waals surface area contributed by atoms with E-state index in [2.05, 4.69) is 22.3 Å². The summed E-state index contributed by atoms with van der Waals surface area (Å²) in [6.45, 7) is 3.31. The van der Waals surface area contributed by atoms with Gasteiger partial charge in [-0.25, -0.2) is 4.98 Å². The standard InChI is InChI=1S/C16H21N3OS/c1-20-13-5-6-14-15(7-13)21-16(18-14)10-19-8-11-3-2-4-12(9-19)17-11/h5-7,11-12,17H,2-4,8-10H2,1H3. The Balaban J connectivity index is 1.51. The largest absolute Gasteiger partial charge is 0.497 e. The third-order valence-electron chi connectivity index (χ3n) is 4.53. The highest BCUT2D eigenvalue weighted by molar-refractivity contribution is 7.18. The molecule has 2 aromatic rings. The summed E-state index contributed by atoms with van der Waals surface area (Å²) < 4.78 is 6.51. The van der Waals surface area contributed by atoms with Gasteiger partial charge in [0.15, 0.2) is 0 Å². The molecular weight excluding hydrogens is 282 g/mol. The molecule has 0 aliphatic carbocycles. The highest BCUT2D eigenvalue weighted by Gasteiger charge is 2.29. The summed E-state index contributed by atoms with van der Waals surface area (Å²) in [5.41, 5.74) is 1.09. The molecule has 1 aromatic carbocycles. The number of piperidine rings is 1. The third kappa shape index (κ3) is 2.78. The summed E-state index contributed by atoms with van der Waals surface area (Å²) in [6.07, 6.45) is 4.03. The van der Waals surface area contributed by atoms with Crippen molar-refractivity contribution in [3.8, 4) is 5.75 Å². The smallest absolute Gasteiger partial charge is 0.120 e. The Morgan fingerprint density at radius 1 is 1.33 bits per heavy atom. The van der Waals surface area contributed by atoms with E-state index in [1.54, 1.807) is 18.4 Å². The molecule has 4 rings (SSSR count). The Morgan fingerprint density at radius 2 is 2.14 bits per heavy atom. The Hall–Kier alpha value is -1.17. The summed E-state index contributed by atoms with van der Waals surface area (Å²) in [6, 6.07) is 7.50. The highest BCUT2D eigenvalue weighted by Crippen LogP contribution is 2.28. The van der Waals surface area contributed by atoms with Crippen molar-refractivity contribution in [1.29, 1.82) is 0 Å². The number of ether oxygens (including phenoxy) is 1. The van der Waals surface area contributed by atoms with Gasteiger partial charge in [0.05, 0.1) is 23.9 Å². The lowest BCUT2D eigenvalue weighted by atomic mass is 9.94. The summed E-state index contributed by atoms with van der Waals surface area (Å²) in [5.74, 6) is 0.911. The van der Waals surface area contributed by atoms with Gasteiger partial charge in [-0.05, 0) is 31.0 Å². The second-order valence-corrected chi connectivity index (χ2v) is 7.24. The molecule has 21 heavy (non-hydrogen) atoms. The Kier molecular flexibility index (Phi) is 3.57. The number of hydrogen-bond donors (Lipinski definition) is 1. The summed E-state index contributed by atoms with van der Waals surface area (Å²) >= 11 is 1.80. The molecule has 2 saturated heterocycles. The molecule has 2 bridgehead atoms. The number of benzene rings is 1. The fourth-order valence-electron chi connectivity index (χ4n) is 3.56. The van der Waals surface area contributed by atoms with Gasteiger partial charge in [0.1, 0.15) is 10.8 Å². The van der Waals surface area contributed by atoms with Crippen molar-refractivity contribution in [3.63, 3.8) is 0 Å². The number of rotatable bonds is 3. The lowest BCUT2D eigenvalue weighted by Gasteiger charge is -2.42. The van der Waals surface area contributed by atoms with Crippen LogP contribution in [0.25, 0.3) is 10.2 Å². The first-order chi connectivity index (χ1) is 10.3. The fourth-order valence-corrected chi connectivity index (χ4v) is 4.60. The minimum Gasteiger partial charge on any atom is -0.497 e. The molecule has 3 heterocycles. The molecule has 0 amide bonds. The van der Waals surface area contributed by atoms with Crippen LogP contribution in [-0.4, -0.2) is 42.2 Å². The van der Waals surface area contributed by atoms with Gasteiger partial charge >= 0.3 is 0 Å². The lowest BCUT2D eigenvalue weighted by molar-refractivity contribution is 0.119. The first-order valence-electron chi connectivity index (χ1n) is 7.72. The van der Waals surface area contributed by atoms with Crippen molar-refractivity contribution >= 4 is 21.6 Å². The fraction of sp³-hybridized carbons (Fsp3) is 0.562. The average Bonchev–Trinajstić information content (AvgIpc) is 2.87. The summed E-state index contributed by atoms with van der Waals surface area (Å²) in [7, 11) is 1.71. The number of nitrogens with one attached hydrogen (secondary N) is 1. The van der Waals surface area contributed by atoms with E-state index >= 15 is 0 Å². The quantitative estimate of drug-likeness (QED) is 0.946. The first-order valence-corrected chi connectivity index (χ1v) is 8.53. The number of fused-ring (bicyclic) bond motifs is 3. The molecule has 2 aliphatic rings. The minimum atomic E-state index is 0.687. The number of hydrogen-bond acceptors (Lipinski definition) is 5. The molecule has 2 unspecified atom stereocenters. The van der Waals surface area contributed by atoms with Crippen molar-refractivity contribution in [2.24, 2.45) is 0 Å². The second kappa shape index (κ2) is 5.55. The van der Waals surface area contributed by atoms with Gasteiger partial charge in [0.25, 0.3) is 0 Å². The Labute approximate surface area is 129 Å². The first kappa shape index (κ1) is 13.5. The van der Waals surface area contributed by atoms with Crippen LogP contribution in [0.5, 0.6) is 5.75 Å². The van der Waals surface area contributed by atoms with Crippen LogP contribution in [0.15, 0.2) is 18.2 Å². The third-order valence-corrected chi connectivity index (χ3v) is 5.54. The van der Waals surface area contributed by atoms with E-state index < -0.39 is 0 Å². The van der Waals surface area contributed by atoms with E-state index in [0.717, 1.165) is 30.9 Å². The maximum atomic E-state index is 5.29. The molecule has 2 aliphatic heterocycles. The van der Waals surface area contributed by atoms with Crippen molar-refractivity contribution in [1.82, 2.24) is 15.2 Å². The van der Waals surface area contributed by atoms with Crippen molar-refractivity contribution in [2.45, 2.75) is 37.9 Å². The number of nitrogens with zero attached hydrogens (tertiary/aromatic N) is 2. The molecular formula is C16H21N3OS. The number of aromatic nitrogens is 1. The van der Waals surface area contributed by atoms with Crippen LogP contribution in [0.1, 0.15) is 24.3 Å². The zero-order valence-electron chi connectivity index (χ0n) is 12.3. The van der Waals surface area contributed by atoms with Crippen molar-refractivity contribution in [3.05, 3.63) is 23.2 Å². The Morgan fingerprint density at radius 3 is 2.90 bits per heavy atom. The molecule has 1 N–H and O–H groups in total. The van der Waals surface area contributed by atoms with Gasteiger partial charge in [-0.2, -0.15) is 0 Å². The van der Waals surface area contributed by atoms with Crippen molar-refractivity contribution < 1.29 is 4.74 Å². The van der Waals surface area contributed by atoms with E-state index in [-0.39, 0.29) is 0 Å². The van der Waals surface area contributed by atoms with Crippen LogP contribution in [0, 0.1) is 0 Å². The Bertz CT molecular complexity index is 629. The predicted octanol–water partition coefficient (Wildman–Crippen LogP) is 2.63. The minimum absolute atomic E-state index is 0.687. The van der Waals surface area contributed by atoms with Gasteiger partial charge in [-0.15, -0.1) is 11.3 Å². The molecule has 112 valence electrons. The predicted molar refractivity (Wildman–Crippen MR) is 86.0 cm³/mol. The van der Waals surface area contributed by atoms with Gasteiger partial charge in [0.2, 0.25) is 0 Å². The molecule has 0 spiro atoms. The number of methoxy groups -OCH3 is 1. The topological polar surface area (TPSA) is 37.4 Å². The number of likely N-dealkylation sites (tertiary alicyclic amines) is 1. The normalized spacial score (nSPS) is 26.1.